The Balaban J connectivity index is 1.48. The summed E-state index contributed by atoms with van der Waals surface area (Å²) in [5.41, 5.74) is 2.57. The van der Waals surface area contributed by atoms with Crippen LogP contribution in [0.4, 0.5) is 0 Å². The van der Waals surface area contributed by atoms with Crippen LogP contribution in [0, 0.1) is 0 Å². The highest BCUT2D eigenvalue weighted by molar-refractivity contribution is 7.09. The molecule has 1 fully saturated rings. The van der Waals surface area contributed by atoms with Crippen LogP contribution in [0.15, 0.2) is 78.4 Å². The van der Waals surface area contributed by atoms with E-state index < -0.39 is 6.04 Å². The quantitative estimate of drug-likeness (QED) is 0.367. The molecular formula is C28H30N4O2S. The van der Waals surface area contributed by atoms with Crippen molar-refractivity contribution in [3.05, 3.63) is 88.9 Å². The normalized spacial score (nSPS) is 15.1. The van der Waals surface area contributed by atoms with E-state index in [9.17, 15) is 9.59 Å². The van der Waals surface area contributed by atoms with Crippen molar-refractivity contribution in [2.24, 2.45) is 0 Å². The molecule has 7 heteroatoms. The molecule has 1 saturated carbocycles. The Morgan fingerprint density at radius 1 is 1.00 bits per heavy atom. The van der Waals surface area contributed by atoms with Crippen molar-refractivity contribution in [1.29, 1.82) is 0 Å². The van der Waals surface area contributed by atoms with Gasteiger partial charge in [0.15, 0.2) is 0 Å². The van der Waals surface area contributed by atoms with E-state index in [0.717, 1.165) is 47.2 Å². The van der Waals surface area contributed by atoms with Crippen molar-refractivity contribution >= 4 is 34.2 Å². The number of fused-ring (bicyclic) bond motifs is 1. The molecule has 2 amide bonds. The molecule has 1 aliphatic rings. The predicted molar refractivity (Wildman–Crippen MR) is 139 cm³/mol. The molecule has 1 N–H and O–H groups in total. The molecule has 0 unspecified atom stereocenters. The second kappa shape index (κ2) is 10.9. The summed E-state index contributed by atoms with van der Waals surface area (Å²) in [5.74, 6) is -0.224. The van der Waals surface area contributed by atoms with Gasteiger partial charge in [-0.3, -0.25) is 9.59 Å². The number of carbonyl (C=O) groups excluding carboxylic acids is 2. The molecule has 0 saturated heterocycles. The van der Waals surface area contributed by atoms with E-state index in [1.165, 1.54) is 6.42 Å². The molecule has 0 radical (unpaired) electrons. The first kappa shape index (κ1) is 23.3. The maximum atomic E-state index is 13.9. The number of hydrogen-bond acceptors (Lipinski definition) is 4. The van der Waals surface area contributed by atoms with Crippen molar-refractivity contribution in [3.8, 4) is 0 Å². The van der Waals surface area contributed by atoms with Gasteiger partial charge in [0.05, 0.1) is 23.9 Å². The van der Waals surface area contributed by atoms with Crippen LogP contribution in [0.25, 0.3) is 11.0 Å². The van der Waals surface area contributed by atoms with Crippen LogP contribution in [-0.2, 0) is 22.7 Å². The summed E-state index contributed by atoms with van der Waals surface area (Å²) in [6.45, 7) is 0.493. The lowest BCUT2D eigenvalue weighted by Gasteiger charge is -2.33. The van der Waals surface area contributed by atoms with Crippen LogP contribution in [0.1, 0.15) is 48.6 Å². The zero-order chi connectivity index (χ0) is 24.0. The third kappa shape index (κ3) is 5.46. The number of rotatable bonds is 8. The summed E-state index contributed by atoms with van der Waals surface area (Å²) < 4.78 is 1.86. The number of amides is 2. The van der Waals surface area contributed by atoms with Gasteiger partial charge in [0.25, 0.3) is 0 Å². The number of aromatic nitrogens is 2. The Morgan fingerprint density at radius 3 is 2.54 bits per heavy atom. The van der Waals surface area contributed by atoms with Gasteiger partial charge in [-0.1, -0.05) is 67.8 Å². The Kier molecular flexibility index (Phi) is 7.23. The molecule has 2 aromatic carbocycles. The van der Waals surface area contributed by atoms with Gasteiger partial charge < -0.3 is 14.8 Å². The maximum absolute atomic E-state index is 13.9. The molecule has 0 aliphatic heterocycles. The molecule has 5 rings (SSSR count). The first-order valence-electron chi connectivity index (χ1n) is 12.3. The fraction of sp³-hybridized carbons (Fsp3) is 0.321. The van der Waals surface area contributed by atoms with Crippen molar-refractivity contribution in [1.82, 2.24) is 19.8 Å². The molecule has 4 aromatic rings. The lowest BCUT2D eigenvalue weighted by atomic mass is 9.94. The predicted octanol–water partition coefficient (Wildman–Crippen LogP) is 5.32. The molecule has 35 heavy (non-hydrogen) atoms. The van der Waals surface area contributed by atoms with Gasteiger partial charge in [0, 0.05) is 10.9 Å². The van der Waals surface area contributed by atoms with Gasteiger partial charge in [0.1, 0.15) is 12.6 Å². The topological polar surface area (TPSA) is 67.2 Å². The lowest BCUT2D eigenvalue weighted by molar-refractivity contribution is -0.142. The number of carbonyl (C=O) groups is 2. The second-order valence-corrected chi connectivity index (χ2v) is 10.2. The first-order chi connectivity index (χ1) is 17.2. The highest BCUT2D eigenvalue weighted by Crippen LogP contribution is 2.27. The fourth-order valence-electron chi connectivity index (χ4n) is 4.90. The molecule has 2 aromatic heterocycles. The Hall–Kier alpha value is -3.45. The first-order valence-corrected chi connectivity index (χ1v) is 13.1. The van der Waals surface area contributed by atoms with Crippen molar-refractivity contribution in [2.75, 3.05) is 0 Å². The monoisotopic (exact) mass is 486 g/mol. The zero-order valence-corrected chi connectivity index (χ0v) is 20.5. The van der Waals surface area contributed by atoms with E-state index in [4.69, 9.17) is 0 Å². The van der Waals surface area contributed by atoms with Gasteiger partial charge in [0.2, 0.25) is 11.8 Å². The summed E-state index contributed by atoms with van der Waals surface area (Å²) in [5, 5.41) is 5.27. The van der Waals surface area contributed by atoms with Crippen LogP contribution >= 0.6 is 11.3 Å². The van der Waals surface area contributed by atoms with E-state index in [1.54, 1.807) is 22.6 Å². The number of imidazole rings is 1. The largest absolute Gasteiger partial charge is 0.351 e. The maximum Gasteiger partial charge on any atom is 0.247 e. The van der Waals surface area contributed by atoms with E-state index in [0.29, 0.717) is 6.54 Å². The highest BCUT2D eigenvalue weighted by atomic mass is 32.1. The summed E-state index contributed by atoms with van der Waals surface area (Å²) >= 11 is 1.59. The third-order valence-electron chi connectivity index (χ3n) is 6.69. The second-order valence-electron chi connectivity index (χ2n) is 9.12. The zero-order valence-electron chi connectivity index (χ0n) is 19.7. The molecule has 180 valence electrons. The van der Waals surface area contributed by atoms with E-state index in [-0.39, 0.29) is 24.4 Å². The summed E-state index contributed by atoms with van der Waals surface area (Å²) in [6, 6.07) is 20.9. The fourth-order valence-corrected chi connectivity index (χ4v) is 5.60. The van der Waals surface area contributed by atoms with Gasteiger partial charge >= 0.3 is 0 Å². The Bertz CT molecular complexity index is 1260. The molecule has 0 bridgehead atoms. The average Bonchev–Trinajstić information content (AvgIpc) is 3.55. The van der Waals surface area contributed by atoms with Crippen LogP contribution < -0.4 is 5.32 Å². The minimum absolute atomic E-state index is 0.108. The van der Waals surface area contributed by atoms with Crippen LogP contribution in [0.2, 0.25) is 0 Å². The Morgan fingerprint density at radius 2 is 1.77 bits per heavy atom. The van der Waals surface area contributed by atoms with Gasteiger partial charge in [-0.25, -0.2) is 4.98 Å². The van der Waals surface area contributed by atoms with Crippen molar-refractivity contribution in [2.45, 2.75) is 57.3 Å². The number of nitrogens with zero attached hydrogens (tertiary/aromatic N) is 3. The van der Waals surface area contributed by atoms with Gasteiger partial charge in [-0.05, 0) is 42.0 Å². The highest BCUT2D eigenvalue weighted by Gasteiger charge is 2.33. The minimum Gasteiger partial charge on any atom is -0.351 e. The van der Waals surface area contributed by atoms with Crippen LogP contribution in [-0.4, -0.2) is 32.3 Å². The minimum atomic E-state index is -0.706. The molecule has 1 atom stereocenters. The summed E-state index contributed by atoms with van der Waals surface area (Å²) in [6.07, 6.45) is 7.17. The molecule has 1 aliphatic carbocycles. The number of hydrogen-bond donors (Lipinski definition) is 1. The lowest BCUT2D eigenvalue weighted by Crippen LogP contribution is -2.47. The van der Waals surface area contributed by atoms with E-state index in [1.807, 2.05) is 76.7 Å². The van der Waals surface area contributed by atoms with Crippen molar-refractivity contribution < 1.29 is 9.59 Å². The van der Waals surface area contributed by atoms with Crippen molar-refractivity contribution in [3.63, 3.8) is 0 Å². The van der Waals surface area contributed by atoms with Crippen LogP contribution in [0.5, 0.6) is 0 Å². The van der Waals surface area contributed by atoms with E-state index in [2.05, 4.69) is 10.3 Å². The molecule has 2 heterocycles. The standard InChI is InChI=1S/C28H30N4O2S/c33-26(19-31-20-29-24-15-7-8-16-25(24)31)32(18-23-14-9-17-35-23)27(21-10-3-1-4-11-21)28(34)30-22-12-5-2-6-13-22/h1,3-4,7-11,14-17,20,22,27H,2,5-6,12-13,18-19H2,(H,30,34)/t27-/m0/s1. The number of thiophene rings is 1. The SMILES string of the molecule is O=C(NC1CCCCC1)[C@H](c1ccccc1)N(Cc1cccs1)C(=O)Cn1cnc2ccccc21. The smallest absolute Gasteiger partial charge is 0.247 e. The Labute approximate surface area is 209 Å². The van der Waals surface area contributed by atoms with Gasteiger partial charge in [-0.15, -0.1) is 11.3 Å². The number of nitrogens with one attached hydrogen (secondary N) is 1. The third-order valence-corrected chi connectivity index (χ3v) is 7.55. The average molecular weight is 487 g/mol. The summed E-state index contributed by atoms with van der Waals surface area (Å²) in [7, 11) is 0. The number of benzene rings is 2. The summed E-state index contributed by atoms with van der Waals surface area (Å²) in [4.78, 5) is 34.9. The number of para-hydroxylation sites is 2. The van der Waals surface area contributed by atoms with Crippen LogP contribution in [0.3, 0.4) is 0 Å². The van der Waals surface area contributed by atoms with Gasteiger partial charge in [-0.2, -0.15) is 0 Å². The van der Waals surface area contributed by atoms with E-state index >= 15 is 0 Å². The molecule has 6 nitrogen and oxygen atoms in total. The molecule has 0 spiro atoms. The molecular weight excluding hydrogens is 456 g/mol.